The van der Waals surface area contributed by atoms with E-state index in [4.69, 9.17) is 4.74 Å². The van der Waals surface area contributed by atoms with E-state index in [1.165, 1.54) is 17.3 Å². The third kappa shape index (κ3) is 3.28. The van der Waals surface area contributed by atoms with Crippen LogP contribution in [0.15, 0.2) is 72.6 Å². The Balaban J connectivity index is 1.96. The summed E-state index contributed by atoms with van der Waals surface area (Å²) in [6.45, 7) is 0.520. The summed E-state index contributed by atoms with van der Waals surface area (Å²) in [6.07, 6.45) is 3.06. The van der Waals surface area contributed by atoms with E-state index in [2.05, 4.69) is 4.98 Å². The molecule has 0 aliphatic carbocycles. The number of hydrogen-bond donors (Lipinski definition) is 1. The van der Waals surface area contributed by atoms with Gasteiger partial charge in [-0.1, -0.05) is 42.5 Å². The Morgan fingerprint density at radius 2 is 1.79 bits per heavy atom. The highest BCUT2D eigenvalue weighted by Gasteiger charge is 2.46. The summed E-state index contributed by atoms with van der Waals surface area (Å²) in [5.74, 6) is -1.55. The first-order chi connectivity index (χ1) is 14.1. The van der Waals surface area contributed by atoms with Crippen LogP contribution in [0.1, 0.15) is 17.2 Å². The minimum absolute atomic E-state index is 0.0775. The lowest BCUT2D eigenvalue weighted by Crippen LogP contribution is -2.32. The van der Waals surface area contributed by atoms with Crippen molar-refractivity contribution >= 4 is 28.2 Å². The number of aliphatic hydroxyl groups is 1. The average Bonchev–Trinajstić information content (AvgIpc) is 3.02. The summed E-state index contributed by atoms with van der Waals surface area (Å²) in [6, 6.07) is 16.0. The van der Waals surface area contributed by atoms with Gasteiger partial charge < -0.3 is 14.7 Å². The molecule has 2 aromatic carbocycles. The third-order valence-electron chi connectivity index (χ3n) is 5.15. The number of hydrogen-bond acceptors (Lipinski definition) is 5. The molecule has 1 aliphatic heterocycles. The fraction of sp³-hybridized carbons (Fsp3) is 0.174. The van der Waals surface area contributed by atoms with E-state index < -0.39 is 17.7 Å². The van der Waals surface area contributed by atoms with Gasteiger partial charge in [-0.15, -0.1) is 0 Å². The number of benzene rings is 2. The predicted molar refractivity (Wildman–Crippen MR) is 109 cm³/mol. The molecule has 1 unspecified atom stereocenters. The minimum Gasteiger partial charge on any atom is -0.507 e. The van der Waals surface area contributed by atoms with Crippen molar-refractivity contribution in [3.8, 4) is 0 Å². The van der Waals surface area contributed by atoms with Crippen molar-refractivity contribution in [2.75, 3.05) is 20.3 Å². The number of nitrogens with zero attached hydrogens (tertiary/aromatic N) is 2. The molecule has 1 fully saturated rings. The first-order valence-corrected chi connectivity index (χ1v) is 9.29. The van der Waals surface area contributed by atoms with E-state index in [1.807, 2.05) is 42.5 Å². The van der Waals surface area contributed by atoms with Crippen LogP contribution in [0.2, 0.25) is 0 Å². The molecular weight excluding hydrogens is 368 g/mol. The zero-order valence-electron chi connectivity index (χ0n) is 15.9. The second-order valence-electron chi connectivity index (χ2n) is 6.79. The van der Waals surface area contributed by atoms with Gasteiger partial charge in [0.2, 0.25) is 0 Å². The van der Waals surface area contributed by atoms with Crippen molar-refractivity contribution < 1.29 is 19.4 Å². The van der Waals surface area contributed by atoms with Crippen LogP contribution in [0, 0.1) is 0 Å². The lowest BCUT2D eigenvalue weighted by Gasteiger charge is -2.26. The zero-order valence-corrected chi connectivity index (χ0v) is 15.9. The van der Waals surface area contributed by atoms with E-state index in [1.54, 1.807) is 19.2 Å². The standard InChI is InChI=1S/C23H20N2O4/c1-29-14-13-25-20(18-8-4-6-15-5-2-3-7-17(15)18)19(22(27)23(25)28)21(26)16-9-11-24-12-10-16/h2-12,20,26H,13-14H2,1H3/b21-19-. The molecule has 1 amide bonds. The van der Waals surface area contributed by atoms with Gasteiger partial charge in [-0.25, -0.2) is 0 Å². The highest BCUT2D eigenvalue weighted by Crippen LogP contribution is 2.41. The summed E-state index contributed by atoms with van der Waals surface area (Å²) >= 11 is 0. The molecule has 1 saturated heterocycles. The molecule has 1 aromatic heterocycles. The van der Waals surface area contributed by atoms with Crippen LogP contribution in [-0.2, 0) is 14.3 Å². The second-order valence-corrected chi connectivity index (χ2v) is 6.79. The Labute approximate surface area is 168 Å². The highest BCUT2D eigenvalue weighted by atomic mass is 16.5. The number of ether oxygens (including phenoxy) is 1. The van der Waals surface area contributed by atoms with Crippen molar-refractivity contribution in [2.24, 2.45) is 0 Å². The smallest absolute Gasteiger partial charge is 0.295 e. The van der Waals surface area contributed by atoms with E-state index in [0.29, 0.717) is 5.56 Å². The number of ketones is 1. The molecule has 0 spiro atoms. The van der Waals surface area contributed by atoms with Crippen molar-refractivity contribution in [1.29, 1.82) is 0 Å². The molecule has 6 nitrogen and oxygen atoms in total. The van der Waals surface area contributed by atoms with Crippen LogP contribution < -0.4 is 0 Å². The Morgan fingerprint density at radius 1 is 1.07 bits per heavy atom. The monoisotopic (exact) mass is 388 g/mol. The van der Waals surface area contributed by atoms with Crippen LogP contribution in [0.5, 0.6) is 0 Å². The highest BCUT2D eigenvalue weighted by molar-refractivity contribution is 6.46. The van der Waals surface area contributed by atoms with E-state index in [-0.39, 0.29) is 24.5 Å². The molecule has 29 heavy (non-hydrogen) atoms. The number of aromatic nitrogens is 1. The maximum atomic E-state index is 12.9. The fourth-order valence-electron chi connectivity index (χ4n) is 3.78. The van der Waals surface area contributed by atoms with Crippen LogP contribution in [0.3, 0.4) is 0 Å². The number of Topliss-reactive ketones (excluding diaryl/α,β-unsaturated/α-hetero) is 1. The van der Waals surface area contributed by atoms with Crippen molar-refractivity contribution in [2.45, 2.75) is 6.04 Å². The molecule has 4 rings (SSSR count). The molecule has 2 heterocycles. The van der Waals surface area contributed by atoms with Gasteiger partial charge in [0.15, 0.2) is 0 Å². The molecular formula is C23H20N2O4. The van der Waals surface area contributed by atoms with Crippen LogP contribution >= 0.6 is 0 Å². The maximum absolute atomic E-state index is 12.9. The van der Waals surface area contributed by atoms with Gasteiger partial charge in [0, 0.05) is 31.6 Å². The maximum Gasteiger partial charge on any atom is 0.295 e. The molecule has 1 aliphatic rings. The van der Waals surface area contributed by atoms with Gasteiger partial charge in [-0.05, 0) is 28.5 Å². The van der Waals surface area contributed by atoms with Crippen LogP contribution in [0.4, 0.5) is 0 Å². The van der Waals surface area contributed by atoms with E-state index in [9.17, 15) is 14.7 Å². The summed E-state index contributed by atoms with van der Waals surface area (Å²) in [4.78, 5) is 31.2. The molecule has 146 valence electrons. The molecule has 6 heteroatoms. The van der Waals surface area contributed by atoms with Gasteiger partial charge in [0.05, 0.1) is 18.2 Å². The Bertz CT molecular complexity index is 1100. The van der Waals surface area contributed by atoms with Gasteiger partial charge in [0.25, 0.3) is 11.7 Å². The molecule has 3 aromatic rings. The minimum atomic E-state index is -0.704. The van der Waals surface area contributed by atoms with Crippen molar-refractivity contribution in [3.05, 3.63) is 83.7 Å². The summed E-state index contributed by atoms with van der Waals surface area (Å²) in [5.41, 5.74) is 1.30. The van der Waals surface area contributed by atoms with E-state index in [0.717, 1.165) is 16.3 Å². The normalized spacial score (nSPS) is 18.5. The first-order valence-electron chi connectivity index (χ1n) is 9.29. The Morgan fingerprint density at radius 3 is 2.55 bits per heavy atom. The number of pyridine rings is 1. The third-order valence-corrected chi connectivity index (χ3v) is 5.15. The number of methoxy groups -OCH3 is 1. The summed E-state index contributed by atoms with van der Waals surface area (Å²) in [5, 5.41) is 12.9. The van der Waals surface area contributed by atoms with E-state index >= 15 is 0 Å². The number of rotatable bonds is 5. The summed E-state index contributed by atoms with van der Waals surface area (Å²) in [7, 11) is 1.54. The van der Waals surface area contributed by atoms with Gasteiger partial charge in [0.1, 0.15) is 5.76 Å². The number of carbonyl (C=O) groups excluding carboxylic acids is 2. The number of amides is 1. The number of fused-ring (bicyclic) bond motifs is 1. The van der Waals surface area contributed by atoms with Crippen molar-refractivity contribution in [1.82, 2.24) is 9.88 Å². The second kappa shape index (κ2) is 7.85. The zero-order chi connectivity index (χ0) is 20.4. The number of aliphatic hydroxyl groups excluding tert-OH is 1. The molecule has 1 atom stereocenters. The molecule has 0 bridgehead atoms. The van der Waals surface area contributed by atoms with Gasteiger partial charge in [-0.2, -0.15) is 0 Å². The summed E-state index contributed by atoms with van der Waals surface area (Å²) < 4.78 is 5.15. The first kappa shape index (κ1) is 18.8. The van der Waals surface area contributed by atoms with Crippen LogP contribution in [0.25, 0.3) is 16.5 Å². The van der Waals surface area contributed by atoms with Gasteiger partial charge in [-0.3, -0.25) is 14.6 Å². The quantitative estimate of drug-likeness (QED) is 0.412. The SMILES string of the molecule is COCCN1C(=O)C(=O)/C(=C(\O)c2ccncc2)C1c1cccc2ccccc12. The lowest BCUT2D eigenvalue weighted by molar-refractivity contribution is -0.140. The largest absolute Gasteiger partial charge is 0.507 e. The topological polar surface area (TPSA) is 79.7 Å². The molecule has 0 radical (unpaired) electrons. The number of likely N-dealkylation sites (tertiary alicyclic amines) is 1. The Kier molecular flexibility index (Phi) is 5.10. The molecule has 0 saturated carbocycles. The van der Waals surface area contributed by atoms with Gasteiger partial charge >= 0.3 is 0 Å². The lowest BCUT2D eigenvalue weighted by atomic mass is 9.92. The Hall–Kier alpha value is -3.51. The van der Waals surface area contributed by atoms with Crippen molar-refractivity contribution in [3.63, 3.8) is 0 Å². The van der Waals surface area contributed by atoms with Crippen LogP contribution in [-0.4, -0.2) is 46.9 Å². The predicted octanol–water partition coefficient (Wildman–Crippen LogP) is 3.30. The molecule has 1 N–H and O–H groups in total. The number of carbonyl (C=O) groups is 2. The average molecular weight is 388 g/mol. The fourth-order valence-corrected chi connectivity index (χ4v) is 3.78.